The van der Waals surface area contributed by atoms with E-state index in [1.807, 2.05) is 42.5 Å². The monoisotopic (exact) mass is 519 g/mol. The average molecular weight is 520 g/mol. The zero-order valence-electron chi connectivity index (χ0n) is 20.6. The minimum absolute atomic E-state index is 0.0977. The molecule has 0 aliphatic heterocycles. The number of rotatable bonds is 10. The van der Waals surface area contributed by atoms with Crippen LogP contribution in [0.4, 0.5) is 4.39 Å². The van der Waals surface area contributed by atoms with E-state index in [1.165, 1.54) is 16.8 Å². The molecule has 0 unspecified atom stereocenters. The van der Waals surface area contributed by atoms with Gasteiger partial charge in [-0.15, -0.1) is 5.10 Å². The largest absolute Gasteiger partial charge is 0.461 e. The van der Waals surface area contributed by atoms with E-state index in [0.29, 0.717) is 6.42 Å². The highest BCUT2D eigenvalue weighted by atomic mass is 19.1. The van der Waals surface area contributed by atoms with E-state index in [2.05, 4.69) is 15.6 Å². The number of carbonyl (C=O) groups excluding carboxylic acids is 3. The van der Waals surface area contributed by atoms with Crippen molar-refractivity contribution in [1.29, 1.82) is 0 Å². The average Bonchev–Trinajstić information content (AvgIpc) is 3.35. The summed E-state index contributed by atoms with van der Waals surface area (Å²) in [5.74, 6) is -2.38. The molecule has 38 heavy (non-hydrogen) atoms. The van der Waals surface area contributed by atoms with Gasteiger partial charge >= 0.3 is 5.97 Å². The summed E-state index contributed by atoms with van der Waals surface area (Å²) >= 11 is 0. The number of halogens is 1. The first-order valence-electron chi connectivity index (χ1n) is 11.9. The minimum Gasteiger partial charge on any atom is -0.461 e. The fourth-order valence-electron chi connectivity index (χ4n) is 4.14. The standard InChI is InChI=1S/C27H26FN5O5/c1-2-38-27(36)25-23(16-29-26(35)19-9-11-21(28)12-10-19)33(32-30-25)22(15-24(34)31-37)14-17-7-8-18-5-3-4-6-20(18)13-17/h3-13,22,37H,2,14-16H2,1H3,(H,29,35)(H,31,34)/t22-/m1/s1. The normalized spacial score (nSPS) is 11.7. The van der Waals surface area contributed by atoms with Crippen molar-refractivity contribution >= 4 is 28.6 Å². The first kappa shape index (κ1) is 26.4. The molecule has 4 rings (SSSR count). The van der Waals surface area contributed by atoms with Gasteiger partial charge in [0.15, 0.2) is 5.69 Å². The van der Waals surface area contributed by atoms with Gasteiger partial charge in [0.2, 0.25) is 5.91 Å². The van der Waals surface area contributed by atoms with Crippen molar-refractivity contribution in [2.45, 2.75) is 32.4 Å². The van der Waals surface area contributed by atoms with Gasteiger partial charge in [-0.2, -0.15) is 0 Å². The number of hydrogen-bond donors (Lipinski definition) is 3. The van der Waals surface area contributed by atoms with Crippen LogP contribution < -0.4 is 10.8 Å². The van der Waals surface area contributed by atoms with Crippen LogP contribution in [0.5, 0.6) is 0 Å². The summed E-state index contributed by atoms with van der Waals surface area (Å²) in [6, 6.07) is 18.0. The Morgan fingerprint density at radius 3 is 2.50 bits per heavy atom. The second-order valence-corrected chi connectivity index (χ2v) is 8.52. The zero-order valence-corrected chi connectivity index (χ0v) is 20.6. The highest BCUT2D eigenvalue weighted by Crippen LogP contribution is 2.24. The molecule has 0 saturated carbocycles. The Kier molecular flexibility index (Phi) is 8.39. The van der Waals surface area contributed by atoms with Gasteiger partial charge in [0.05, 0.1) is 31.3 Å². The number of nitrogens with zero attached hydrogens (tertiary/aromatic N) is 3. The topological polar surface area (TPSA) is 135 Å². The first-order valence-corrected chi connectivity index (χ1v) is 11.9. The van der Waals surface area contributed by atoms with Crippen LogP contribution in [0.3, 0.4) is 0 Å². The lowest BCUT2D eigenvalue weighted by Gasteiger charge is -2.19. The summed E-state index contributed by atoms with van der Waals surface area (Å²) < 4.78 is 19.8. The summed E-state index contributed by atoms with van der Waals surface area (Å²) in [4.78, 5) is 37.5. The number of carbonyl (C=O) groups is 3. The smallest absolute Gasteiger partial charge is 0.360 e. The Morgan fingerprint density at radius 1 is 1.05 bits per heavy atom. The molecule has 1 aromatic heterocycles. The van der Waals surface area contributed by atoms with Crippen LogP contribution >= 0.6 is 0 Å². The molecule has 0 saturated heterocycles. The molecular formula is C27H26FN5O5. The van der Waals surface area contributed by atoms with E-state index < -0.39 is 29.6 Å². The predicted molar refractivity (Wildman–Crippen MR) is 135 cm³/mol. The van der Waals surface area contributed by atoms with E-state index in [9.17, 15) is 24.0 Å². The second-order valence-electron chi connectivity index (χ2n) is 8.52. The summed E-state index contributed by atoms with van der Waals surface area (Å²) in [5.41, 5.74) is 2.84. The Hall–Kier alpha value is -4.64. The van der Waals surface area contributed by atoms with Crippen LogP contribution in [0.15, 0.2) is 66.7 Å². The summed E-state index contributed by atoms with van der Waals surface area (Å²) in [6.07, 6.45) is 0.122. The van der Waals surface area contributed by atoms with E-state index in [4.69, 9.17) is 4.74 Å². The maximum absolute atomic E-state index is 13.3. The second kappa shape index (κ2) is 12.1. The number of esters is 1. The highest BCUT2D eigenvalue weighted by molar-refractivity contribution is 5.94. The van der Waals surface area contributed by atoms with Gasteiger partial charge in [0.25, 0.3) is 5.91 Å². The van der Waals surface area contributed by atoms with Crippen LogP contribution in [-0.4, -0.2) is 44.6 Å². The molecule has 0 radical (unpaired) electrons. The Labute approximate surface area is 217 Å². The van der Waals surface area contributed by atoms with E-state index in [0.717, 1.165) is 28.5 Å². The quantitative estimate of drug-likeness (QED) is 0.166. The van der Waals surface area contributed by atoms with Gasteiger partial charge in [-0.1, -0.05) is 47.7 Å². The molecule has 0 aliphatic rings. The van der Waals surface area contributed by atoms with Crippen molar-refractivity contribution in [2.24, 2.45) is 0 Å². The van der Waals surface area contributed by atoms with Crippen LogP contribution in [0.1, 0.15) is 51.5 Å². The highest BCUT2D eigenvalue weighted by Gasteiger charge is 2.27. The number of ether oxygens (including phenoxy) is 1. The van der Waals surface area contributed by atoms with E-state index in [1.54, 1.807) is 12.4 Å². The van der Waals surface area contributed by atoms with Crippen molar-refractivity contribution in [3.05, 3.63) is 95.1 Å². The molecule has 196 valence electrons. The van der Waals surface area contributed by atoms with Crippen molar-refractivity contribution in [3.63, 3.8) is 0 Å². The third-order valence-corrected chi connectivity index (χ3v) is 5.96. The SMILES string of the molecule is CCOC(=O)c1nnn([C@@H](CC(=O)NO)Cc2ccc3ccccc3c2)c1CNC(=O)c1ccc(F)cc1. The molecular weight excluding hydrogens is 493 g/mol. The molecule has 3 aromatic carbocycles. The van der Waals surface area contributed by atoms with Gasteiger partial charge < -0.3 is 10.1 Å². The predicted octanol–water partition coefficient (Wildman–Crippen LogP) is 3.36. The third kappa shape index (κ3) is 6.19. The van der Waals surface area contributed by atoms with E-state index >= 15 is 0 Å². The molecule has 0 fully saturated rings. The molecule has 10 nitrogen and oxygen atoms in total. The molecule has 3 N–H and O–H groups in total. The lowest BCUT2D eigenvalue weighted by Crippen LogP contribution is -2.29. The fraction of sp³-hybridized carbons (Fsp3) is 0.222. The molecule has 1 heterocycles. The first-order chi connectivity index (χ1) is 18.4. The Balaban J connectivity index is 1.67. The summed E-state index contributed by atoms with van der Waals surface area (Å²) in [7, 11) is 0. The van der Waals surface area contributed by atoms with Gasteiger partial charge in [-0.05, 0) is 53.9 Å². The zero-order chi connectivity index (χ0) is 27.1. The minimum atomic E-state index is -0.735. The molecule has 0 spiro atoms. The van der Waals surface area contributed by atoms with Crippen molar-refractivity contribution in [3.8, 4) is 0 Å². The number of hydroxylamine groups is 1. The van der Waals surface area contributed by atoms with Crippen LogP contribution in [-0.2, 0) is 22.5 Å². The number of benzene rings is 3. The van der Waals surface area contributed by atoms with Crippen LogP contribution in [0.25, 0.3) is 10.8 Å². The van der Waals surface area contributed by atoms with Gasteiger partial charge in [-0.3, -0.25) is 14.8 Å². The molecule has 11 heteroatoms. The number of aromatic nitrogens is 3. The van der Waals surface area contributed by atoms with Crippen molar-refractivity contribution in [2.75, 3.05) is 6.61 Å². The van der Waals surface area contributed by atoms with Crippen LogP contribution in [0, 0.1) is 5.82 Å². The fourth-order valence-corrected chi connectivity index (χ4v) is 4.14. The Bertz CT molecular complexity index is 1450. The number of amides is 2. The number of fused-ring (bicyclic) bond motifs is 1. The van der Waals surface area contributed by atoms with Crippen molar-refractivity contribution < 1.29 is 28.7 Å². The summed E-state index contributed by atoms with van der Waals surface area (Å²) in [5, 5.41) is 22.1. The number of hydrogen-bond acceptors (Lipinski definition) is 7. The molecule has 0 bridgehead atoms. The molecule has 4 aromatic rings. The Morgan fingerprint density at radius 2 is 1.79 bits per heavy atom. The molecule has 0 aliphatic carbocycles. The lowest BCUT2D eigenvalue weighted by atomic mass is 9.99. The van der Waals surface area contributed by atoms with Crippen molar-refractivity contribution in [1.82, 2.24) is 25.8 Å². The summed E-state index contributed by atoms with van der Waals surface area (Å²) in [6.45, 7) is 1.57. The molecule has 2 amide bonds. The van der Waals surface area contributed by atoms with E-state index in [-0.39, 0.29) is 36.5 Å². The third-order valence-electron chi connectivity index (χ3n) is 5.96. The maximum atomic E-state index is 13.3. The van der Waals surface area contributed by atoms with Crippen LogP contribution in [0.2, 0.25) is 0 Å². The number of nitrogens with one attached hydrogen (secondary N) is 2. The van der Waals surface area contributed by atoms with Gasteiger partial charge in [0.1, 0.15) is 5.82 Å². The van der Waals surface area contributed by atoms with Gasteiger partial charge in [0, 0.05) is 5.56 Å². The lowest BCUT2D eigenvalue weighted by molar-refractivity contribution is -0.130. The molecule has 1 atom stereocenters. The van der Waals surface area contributed by atoms with Gasteiger partial charge in [-0.25, -0.2) is 19.3 Å². The maximum Gasteiger partial charge on any atom is 0.360 e.